The van der Waals surface area contributed by atoms with E-state index in [0.29, 0.717) is 0 Å². The molecular formula is C13H28N2O2. The monoisotopic (exact) mass is 244 g/mol. The van der Waals surface area contributed by atoms with E-state index in [1.807, 2.05) is 0 Å². The van der Waals surface area contributed by atoms with Gasteiger partial charge in [-0.25, -0.2) is 0 Å². The van der Waals surface area contributed by atoms with E-state index in [9.17, 15) is 0 Å². The van der Waals surface area contributed by atoms with Gasteiger partial charge in [-0.3, -0.25) is 0 Å². The molecule has 4 nitrogen and oxygen atoms in total. The van der Waals surface area contributed by atoms with Crippen LogP contribution >= 0.6 is 0 Å². The SMILES string of the molecule is COCCCOCCNCC1CCCCN1C. The molecule has 1 aliphatic rings. The molecule has 0 radical (unpaired) electrons. The molecule has 1 saturated heterocycles. The van der Waals surface area contributed by atoms with E-state index in [-0.39, 0.29) is 0 Å². The fourth-order valence-electron chi connectivity index (χ4n) is 2.22. The van der Waals surface area contributed by atoms with Gasteiger partial charge in [0.05, 0.1) is 6.61 Å². The van der Waals surface area contributed by atoms with Crippen LogP contribution in [-0.4, -0.2) is 64.6 Å². The average Bonchev–Trinajstić information content (AvgIpc) is 2.35. The molecule has 0 amide bonds. The fourth-order valence-corrected chi connectivity index (χ4v) is 2.22. The summed E-state index contributed by atoms with van der Waals surface area (Å²) in [5.74, 6) is 0. The molecule has 4 heteroatoms. The highest BCUT2D eigenvalue weighted by molar-refractivity contribution is 4.75. The molecule has 0 bridgehead atoms. The molecule has 1 atom stereocenters. The maximum absolute atomic E-state index is 5.50. The van der Waals surface area contributed by atoms with Gasteiger partial charge < -0.3 is 19.7 Å². The Morgan fingerprint density at radius 1 is 1.24 bits per heavy atom. The van der Waals surface area contributed by atoms with Gasteiger partial charge in [0.1, 0.15) is 0 Å². The maximum Gasteiger partial charge on any atom is 0.0590 e. The molecule has 0 spiro atoms. The third-order valence-electron chi connectivity index (χ3n) is 3.36. The van der Waals surface area contributed by atoms with Crippen LogP contribution in [0.3, 0.4) is 0 Å². The zero-order chi connectivity index (χ0) is 12.3. The summed E-state index contributed by atoms with van der Waals surface area (Å²) in [6, 6.07) is 0.720. The average molecular weight is 244 g/mol. The van der Waals surface area contributed by atoms with Crippen molar-refractivity contribution in [2.24, 2.45) is 0 Å². The summed E-state index contributed by atoms with van der Waals surface area (Å²) in [5, 5.41) is 3.48. The van der Waals surface area contributed by atoms with Crippen molar-refractivity contribution < 1.29 is 9.47 Å². The Morgan fingerprint density at radius 3 is 2.88 bits per heavy atom. The van der Waals surface area contributed by atoms with Gasteiger partial charge in [-0.1, -0.05) is 6.42 Å². The molecule has 1 heterocycles. The second-order valence-electron chi connectivity index (χ2n) is 4.79. The summed E-state index contributed by atoms with van der Waals surface area (Å²) in [5.41, 5.74) is 0. The lowest BCUT2D eigenvalue weighted by Gasteiger charge is -2.32. The Hall–Kier alpha value is -0.160. The first kappa shape index (κ1) is 14.9. The zero-order valence-electron chi connectivity index (χ0n) is 11.4. The van der Waals surface area contributed by atoms with Crippen molar-refractivity contribution >= 4 is 0 Å². The van der Waals surface area contributed by atoms with Crippen LogP contribution in [0.1, 0.15) is 25.7 Å². The predicted octanol–water partition coefficient (Wildman–Crippen LogP) is 1.11. The van der Waals surface area contributed by atoms with Gasteiger partial charge in [-0.15, -0.1) is 0 Å². The molecule has 1 fully saturated rings. The van der Waals surface area contributed by atoms with Gasteiger partial charge in [0, 0.05) is 39.5 Å². The standard InChI is InChI=1S/C13H28N2O2/c1-15-8-4-3-6-13(15)12-14-7-11-17-10-5-9-16-2/h13-14H,3-12H2,1-2H3. The molecule has 1 rings (SSSR count). The molecule has 1 N–H and O–H groups in total. The van der Waals surface area contributed by atoms with Gasteiger partial charge in [-0.05, 0) is 32.9 Å². The van der Waals surface area contributed by atoms with Gasteiger partial charge in [-0.2, -0.15) is 0 Å². The van der Waals surface area contributed by atoms with Crippen molar-refractivity contribution in [2.45, 2.75) is 31.7 Å². The number of likely N-dealkylation sites (tertiary alicyclic amines) is 1. The molecule has 0 aromatic rings. The van der Waals surface area contributed by atoms with Gasteiger partial charge in [0.25, 0.3) is 0 Å². The van der Waals surface area contributed by atoms with Crippen molar-refractivity contribution in [1.29, 1.82) is 0 Å². The highest BCUT2D eigenvalue weighted by atomic mass is 16.5. The normalized spacial score (nSPS) is 21.9. The van der Waals surface area contributed by atoms with Crippen LogP contribution in [0.25, 0.3) is 0 Å². The van der Waals surface area contributed by atoms with Crippen molar-refractivity contribution in [3.05, 3.63) is 0 Å². The summed E-state index contributed by atoms with van der Waals surface area (Å²) < 4.78 is 10.5. The Labute approximate surface area is 106 Å². The second-order valence-corrected chi connectivity index (χ2v) is 4.79. The van der Waals surface area contributed by atoms with Crippen LogP contribution in [0.4, 0.5) is 0 Å². The third kappa shape index (κ3) is 6.99. The third-order valence-corrected chi connectivity index (χ3v) is 3.36. The van der Waals surface area contributed by atoms with E-state index >= 15 is 0 Å². The summed E-state index contributed by atoms with van der Waals surface area (Å²) >= 11 is 0. The van der Waals surface area contributed by atoms with Crippen molar-refractivity contribution in [2.75, 3.05) is 53.6 Å². The number of methoxy groups -OCH3 is 1. The summed E-state index contributed by atoms with van der Waals surface area (Å²) in [7, 11) is 3.95. The van der Waals surface area contributed by atoms with Crippen LogP contribution in [0.15, 0.2) is 0 Å². The number of rotatable bonds is 9. The number of piperidine rings is 1. The molecule has 0 aromatic heterocycles. The number of nitrogens with one attached hydrogen (secondary N) is 1. The van der Waals surface area contributed by atoms with Crippen LogP contribution in [0.5, 0.6) is 0 Å². The second kappa shape index (κ2) is 9.83. The topological polar surface area (TPSA) is 33.7 Å². The van der Waals surface area contributed by atoms with Crippen LogP contribution < -0.4 is 5.32 Å². The van der Waals surface area contributed by atoms with Crippen LogP contribution in [-0.2, 0) is 9.47 Å². The first-order valence-electron chi connectivity index (χ1n) is 6.82. The predicted molar refractivity (Wildman–Crippen MR) is 70.5 cm³/mol. The largest absolute Gasteiger partial charge is 0.385 e. The number of likely N-dealkylation sites (N-methyl/N-ethyl adjacent to an activating group) is 1. The summed E-state index contributed by atoms with van der Waals surface area (Å²) in [6.45, 7) is 5.70. The fraction of sp³-hybridized carbons (Fsp3) is 1.00. The quantitative estimate of drug-likeness (QED) is 0.616. The Balaban J connectivity index is 1.86. The lowest BCUT2D eigenvalue weighted by molar-refractivity contribution is 0.102. The Bertz CT molecular complexity index is 179. The zero-order valence-corrected chi connectivity index (χ0v) is 11.4. The first-order valence-corrected chi connectivity index (χ1v) is 6.82. The number of hydrogen-bond acceptors (Lipinski definition) is 4. The van der Waals surface area contributed by atoms with E-state index < -0.39 is 0 Å². The first-order chi connectivity index (χ1) is 8.34. The smallest absolute Gasteiger partial charge is 0.0590 e. The summed E-state index contributed by atoms with van der Waals surface area (Å²) in [6.07, 6.45) is 5.06. The minimum absolute atomic E-state index is 0.720. The van der Waals surface area contributed by atoms with Crippen LogP contribution in [0.2, 0.25) is 0 Å². The number of hydrogen-bond donors (Lipinski definition) is 1. The highest BCUT2D eigenvalue weighted by Crippen LogP contribution is 2.13. The minimum Gasteiger partial charge on any atom is -0.385 e. The van der Waals surface area contributed by atoms with Gasteiger partial charge in [0.15, 0.2) is 0 Å². The van der Waals surface area contributed by atoms with E-state index in [4.69, 9.17) is 9.47 Å². The molecular weight excluding hydrogens is 216 g/mol. The maximum atomic E-state index is 5.50. The number of ether oxygens (including phenoxy) is 2. The van der Waals surface area contributed by atoms with Gasteiger partial charge >= 0.3 is 0 Å². The molecule has 102 valence electrons. The molecule has 1 aliphatic heterocycles. The number of nitrogens with zero attached hydrogens (tertiary/aromatic N) is 1. The van der Waals surface area contributed by atoms with E-state index in [1.165, 1.54) is 25.8 Å². The Kier molecular flexibility index (Phi) is 8.61. The van der Waals surface area contributed by atoms with Crippen molar-refractivity contribution in [3.63, 3.8) is 0 Å². The minimum atomic E-state index is 0.720. The van der Waals surface area contributed by atoms with Gasteiger partial charge in [0.2, 0.25) is 0 Å². The van der Waals surface area contributed by atoms with Crippen LogP contribution in [0, 0.1) is 0 Å². The highest BCUT2D eigenvalue weighted by Gasteiger charge is 2.17. The molecule has 0 saturated carbocycles. The van der Waals surface area contributed by atoms with Crippen molar-refractivity contribution in [1.82, 2.24) is 10.2 Å². The summed E-state index contributed by atoms with van der Waals surface area (Å²) in [4.78, 5) is 2.47. The Morgan fingerprint density at radius 2 is 2.12 bits per heavy atom. The lowest BCUT2D eigenvalue weighted by Crippen LogP contribution is -2.43. The lowest BCUT2D eigenvalue weighted by atomic mass is 10.0. The molecule has 17 heavy (non-hydrogen) atoms. The van der Waals surface area contributed by atoms with Crippen molar-refractivity contribution in [3.8, 4) is 0 Å². The van der Waals surface area contributed by atoms with E-state index in [0.717, 1.165) is 45.4 Å². The molecule has 1 unspecified atom stereocenters. The molecule has 0 aliphatic carbocycles. The van der Waals surface area contributed by atoms with E-state index in [2.05, 4.69) is 17.3 Å². The van der Waals surface area contributed by atoms with E-state index in [1.54, 1.807) is 7.11 Å². The molecule has 0 aromatic carbocycles.